The molecule has 1 atom stereocenters. The van der Waals surface area contributed by atoms with Crippen molar-refractivity contribution in [2.75, 3.05) is 31.3 Å². The van der Waals surface area contributed by atoms with Crippen LogP contribution in [0.4, 0.5) is 5.69 Å². The van der Waals surface area contributed by atoms with Crippen LogP contribution in [0.1, 0.15) is 25.7 Å². The molecule has 0 radical (unpaired) electrons. The smallest absolute Gasteiger partial charge is 0.244 e. The predicted octanol–water partition coefficient (Wildman–Crippen LogP) is 3.03. The number of carbonyl (C=O) groups excluding carboxylic acids is 2. The molecule has 0 spiro atoms. The lowest BCUT2D eigenvalue weighted by atomic mass is 10.1. The van der Waals surface area contributed by atoms with Gasteiger partial charge in [0.25, 0.3) is 0 Å². The summed E-state index contributed by atoms with van der Waals surface area (Å²) in [7, 11) is 1.80. The third kappa shape index (κ3) is 7.21. The first-order valence-corrected chi connectivity index (χ1v) is 10.9. The van der Waals surface area contributed by atoms with Crippen molar-refractivity contribution in [2.24, 2.45) is 0 Å². The van der Waals surface area contributed by atoms with Crippen LogP contribution in [-0.2, 0) is 20.9 Å². The van der Waals surface area contributed by atoms with Gasteiger partial charge < -0.3 is 15.0 Å². The molecular formula is C21H28N4O3S. The number of anilines is 1. The van der Waals surface area contributed by atoms with Gasteiger partial charge in [0.1, 0.15) is 6.54 Å². The Kier molecular flexibility index (Phi) is 8.13. The van der Waals surface area contributed by atoms with E-state index in [9.17, 15) is 9.59 Å². The van der Waals surface area contributed by atoms with Crippen LogP contribution in [0.5, 0.6) is 0 Å². The van der Waals surface area contributed by atoms with E-state index < -0.39 is 0 Å². The van der Waals surface area contributed by atoms with Gasteiger partial charge in [-0.05, 0) is 37.8 Å². The molecule has 156 valence electrons. The summed E-state index contributed by atoms with van der Waals surface area (Å²) in [6.07, 6.45) is 7.78. The molecule has 2 aromatic rings. The molecule has 3 rings (SSSR count). The molecule has 1 N–H and O–H groups in total. The van der Waals surface area contributed by atoms with Crippen molar-refractivity contribution in [1.82, 2.24) is 14.7 Å². The monoisotopic (exact) mass is 416 g/mol. The van der Waals surface area contributed by atoms with Gasteiger partial charge in [0.15, 0.2) is 0 Å². The van der Waals surface area contributed by atoms with E-state index in [0.29, 0.717) is 18.0 Å². The first kappa shape index (κ1) is 21.4. The fraction of sp³-hybridized carbons (Fsp3) is 0.476. The number of carbonyl (C=O) groups is 2. The maximum atomic E-state index is 12.4. The Hall–Kier alpha value is -2.32. The van der Waals surface area contributed by atoms with Crippen LogP contribution in [0, 0.1) is 0 Å². The zero-order chi connectivity index (χ0) is 20.5. The molecule has 2 amide bonds. The molecule has 7 nitrogen and oxygen atoms in total. The van der Waals surface area contributed by atoms with Gasteiger partial charge in [0, 0.05) is 31.3 Å². The summed E-state index contributed by atoms with van der Waals surface area (Å²) in [5.41, 5.74) is 0.592. The van der Waals surface area contributed by atoms with E-state index >= 15 is 0 Å². The van der Waals surface area contributed by atoms with Crippen LogP contribution in [-0.4, -0.2) is 58.6 Å². The highest BCUT2D eigenvalue weighted by atomic mass is 32.2. The van der Waals surface area contributed by atoms with Gasteiger partial charge in [0.05, 0.1) is 23.7 Å². The Balaban J connectivity index is 1.39. The van der Waals surface area contributed by atoms with Gasteiger partial charge in [0.2, 0.25) is 11.8 Å². The molecule has 1 aromatic carbocycles. The van der Waals surface area contributed by atoms with Gasteiger partial charge in [-0.3, -0.25) is 14.3 Å². The second-order valence-corrected chi connectivity index (χ2v) is 8.22. The lowest BCUT2D eigenvalue weighted by Crippen LogP contribution is -2.33. The largest absolute Gasteiger partial charge is 0.378 e. The van der Waals surface area contributed by atoms with E-state index in [4.69, 9.17) is 4.74 Å². The zero-order valence-electron chi connectivity index (χ0n) is 16.8. The lowest BCUT2D eigenvalue weighted by Gasteiger charge is -2.25. The highest BCUT2D eigenvalue weighted by molar-refractivity contribution is 8.00. The molecule has 29 heavy (non-hydrogen) atoms. The first-order valence-electron chi connectivity index (χ1n) is 9.96. The third-order valence-corrected chi connectivity index (χ3v) is 5.83. The molecule has 1 saturated heterocycles. The minimum atomic E-state index is -0.102. The molecule has 1 fully saturated rings. The second-order valence-electron chi connectivity index (χ2n) is 7.17. The average molecular weight is 417 g/mol. The normalized spacial score (nSPS) is 16.4. The van der Waals surface area contributed by atoms with Crippen LogP contribution < -0.4 is 5.32 Å². The SMILES string of the molecule is CN(CCC1CCCCO1)C(=O)Cn1cc(NC(=O)CSc2ccccc2)cn1. The number of hydrogen-bond acceptors (Lipinski definition) is 5. The molecule has 1 aromatic heterocycles. The van der Waals surface area contributed by atoms with Crippen LogP contribution in [0.3, 0.4) is 0 Å². The standard InChI is InChI=1S/C21H28N4O3S/c1-24(11-10-18-7-5-6-12-28-18)21(27)15-25-14-17(13-22-25)23-20(26)16-29-19-8-3-2-4-9-19/h2-4,8-9,13-14,18H,5-7,10-12,15-16H2,1H3,(H,23,26). The van der Waals surface area contributed by atoms with E-state index in [2.05, 4.69) is 10.4 Å². The first-order chi connectivity index (χ1) is 14.1. The van der Waals surface area contributed by atoms with E-state index in [-0.39, 0.29) is 24.5 Å². The van der Waals surface area contributed by atoms with Gasteiger partial charge >= 0.3 is 0 Å². The number of hydrogen-bond donors (Lipinski definition) is 1. The van der Waals surface area contributed by atoms with Crippen LogP contribution in [0.25, 0.3) is 0 Å². The minimum Gasteiger partial charge on any atom is -0.378 e. The number of rotatable bonds is 9. The van der Waals surface area contributed by atoms with Crippen LogP contribution in [0.15, 0.2) is 47.6 Å². The lowest BCUT2D eigenvalue weighted by molar-refractivity contribution is -0.131. The number of benzene rings is 1. The fourth-order valence-corrected chi connectivity index (χ4v) is 3.85. The Labute approximate surface area is 175 Å². The van der Waals surface area contributed by atoms with Crippen LogP contribution >= 0.6 is 11.8 Å². The van der Waals surface area contributed by atoms with E-state index in [1.807, 2.05) is 30.3 Å². The minimum absolute atomic E-state index is 0.0126. The molecule has 1 aliphatic heterocycles. The molecule has 0 saturated carbocycles. The van der Waals surface area contributed by atoms with Crippen molar-refractivity contribution in [3.05, 3.63) is 42.7 Å². The van der Waals surface area contributed by atoms with Gasteiger partial charge in [-0.15, -0.1) is 11.8 Å². The molecular weight excluding hydrogens is 388 g/mol. The number of thioether (sulfide) groups is 1. The zero-order valence-corrected chi connectivity index (χ0v) is 17.6. The van der Waals surface area contributed by atoms with Gasteiger partial charge in [-0.25, -0.2) is 0 Å². The quantitative estimate of drug-likeness (QED) is 0.636. The number of aromatic nitrogens is 2. The third-order valence-electron chi connectivity index (χ3n) is 4.81. The van der Waals surface area contributed by atoms with Crippen molar-refractivity contribution in [2.45, 2.75) is 43.2 Å². The van der Waals surface area contributed by atoms with E-state index in [1.165, 1.54) is 18.2 Å². The summed E-state index contributed by atoms with van der Waals surface area (Å²) in [6, 6.07) is 9.78. The highest BCUT2D eigenvalue weighted by Crippen LogP contribution is 2.18. The summed E-state index contributed by atoms with van der Waals surface area (Å²) in [6.45, 7) is 1.65. The predicted molar refractivity (Wildman–Crippen MR) is 114 cm³/mol. The number of nitrogens with one attached hydrogen (secondary N) is 1. The topological polar surface area (TPSA) is 76.5 Å². The molecule has 0 bridgehead atoms. The van der Waals surface area contributed by atoms with Crippen molar-refractivity contribution in [1.29, 1.82) is 0 Å². The second kappa shape index (κ2) is 11.0. The van der Waals surface area contributed by atoms with Crippen molar-refractivity contribution in [3.63, 3.8) is 0 Å². The maximum Gasteiger partial charge on any atom is 0.244 e. The van der Waals surface area contributed by atoms with Gasteiger partial charge in [-0.2, -0.15) is 5.10 Å². The van der Waals surface area contributed by atoms with Crippen molar-refractivity contribution < 1.29 is 14.3 Å². The Morgan fingerprint density at radius 2 is 2.14 bits per heavy atom. The highest BCUT2D eigenvalue weighted by Gasteiger charge is 2.17. The van der Waals surface area contributed by atoms with E-state index in [0.717, 1.165) is 30.8 Å². The average Bonchev–Trinajstić information content (AvgIpc) is 3.18. The number of likely N-dealkylation sites (N-methyl/N-ethyl adjacent to an activating group) is 1. The number of amides is 2. The van der Waals surface area contributed by atoms with E-state index in [1.54, 1.807) is 29.0 Å². The molecule has 1 unspecified atom stereocenters. The summed E-state index contributed by atoms with van der Waals surface area (Å²) < 4.78 is 7.27. The summed E-state index contributed by atoms with van der Waals surface area (Å²) in [5, 5.41) is 7.00. The maximum absolute atomic E-state index is 12.4. The van der Waals surface area contributed by atoms with Crippen LogP contribution in [0.2, 0.25) is 0 Å². The van der Waals surface area contributed by atoms with Crippen molar-refractivity contribution in [3.8, 4) is 0 Å². The summed E-state index contributed by atoms with van der Waals surface area (Å²) in [5.74, 6) is 0.204. The molecule has 8 heteroatoms. The molecule has 1 aliphatic rings. The molecule has 0 aliphatic carbocycles. The Bertz CT molecular complexity index is 790. The number of ether oxygens (including phenoxy) is 1. The number of nitrogens with zero attached hydrogens (tertiary/aromatic N) is 3. The fourth-order valence-electron chi connectivity index (χ4n) is 3.13. The van der Waals surface area contributed by atoms with Crippen molar-refractivity contribution >= 4 is 29.3 Å². The summed E-state index contributed by atoms with van der Waals surface area (Å²) >= 11 is 1.48. The summed E-state index contributed by atoms with van der Waals surface area (Å²) in [4.78, 5) is 27.3. The Morgan fingerprint density at radius 1 is 1.31 bits per heavy atom. The van der Waals surface area contributed by atoms with Gasteiger partial charge in [-0.1, -0.05) is 18.2 Å². The Morgan fingerprint density at radius 3 is 2.90 bits per heavy atom. The molecule has 2 heterocycles.